The maximum absolute atomic E-state index is 11.0. The zero-order valence-corrected chi connectivity index (χ0v) is 13.1. The Morgan fingerprint density at radius 2 is 1.90 bits per heavy atom. The summed E-state index contributed by atoms with van der Waals surface area (Å²) in [6, 6.07) is 4.90. The van der Waals surface area contributed by atoms with Gasteiger partial charge in [-0.25, -0.2) is 0 Å². The van der Waals surface area contributed by atoms with Gasteiger partial charge < -0.3 is 20.6 Å². The van der Waals surface area contributed by atoms with Crippen molar-refractivity contribution in [3.05, 3.63) is 34.9 Å². The lowest BCUT2D eigenvalue weighted by Crippen LogP contribution is -2.51. The van der Waals surface area contributed by atoms with Gasteiger partial charge in [0.1, 0.15) is 0 Å². The number of carboxylic acids is 1. The second kappa shape index (κ2) is 7.02. The molecule has 5 heteroatoms. The van der Waals surface area contributed by atoms with E-state index in [1.165, 1.54) is 0 Å². The topological polar surface area (TPSA) is 89.8 Å². The predicted molar refractivity (Wildman–Crippen MR) is 81.2 cm³/mol. The molecule has 0 heterocycles. The molecule has 21 heavy (non-hydrogen) atoms. The first-order valence-electron chi connectivity index (χ1n) is 7.02. The van der Waals surface area contributed by atoms with E-state index in [-0.39, 0.29) is 13.0 Å². The number of hydrogen-bond donors (Lipinski definition) is 4. The first-order chi connectivity index (χ1) is 9.66. The molecular weight excluding hydrogens is 270 g/mol. The summed E-state index contributed by atoms with van der Waals surface area (Å²) in [4.78, 5) is 11.0. The largest absolute Gasteiger partial charge is 0.481 e. The maximum Gasteiger partial charge on any atom is 0.305 e. The molecule has 0 aliphatic carbocycles. The number of rotatable bonds is 7. The molecule has 5 nitrogen and oxygen atoms in total. The molecule has 1 aromatic carbocycles. The second-order valence-corrected chi connectivity index (χ2v) is 6.18. The van der Waals surface area contributed by atoms with Gasteiger partial charge in [-0.05, 0) is 44.4 Å². The van der Waals surface area contributed by atoms with Gasteiger partial charge in [0.25, 0.3) is 0 Å². The summed E-state index contributed by atoms with van der Waals surface area (Å²) in [5.41, 5.74) is 2.16. The maximum atomic E-state index is 11.0. The van der Waals surface area contributed by atoms with Crippen molar-refractivity contribution in [1.29, 1.82) is 0 Å². The molecule has 0 saturated carbocycles. The average Bonchev–Trinajstić information content (AvgIpc) is 2.39. The molecule has 2 unspecified atom stereocenters. The molecular formula is C16H25NO4. The lowest BCUT2D eigenvalue weighted by Gasteiger charge is -2.32. The predicted octanol–water partition coefficient (Wildman–Crippen LogP) is 1.54. The molecule has 0 radical (unpaired) electrons. The Balaban J connectivity index is 3.00. The standard InChI is InChI=1S/C16H25NO4/c1-10-5-6-12(7-11(10)2)15(21)13(8-14(19)20)17-16(3,4)9-18/h5-7,13,15,17-18,21H,8-9H2,1-4H3,(H,19,20). The molecule has 0 bridgehead atoms. The van der Waals surface area contributed by atoms with Crippen LogP contribution in [0.1, 0.15) is 43.1 Å². The van der Waals surface area contributed by atoms with Gasteiger partial charge >= 0.3 is 5.97 Å². The number of carboxylic acid groups (broad SMARTS) is 1. The SMILES string of the molecule is Cc1ccc(C(O)C(CC(=O)O)NC(C)(C)CO)cc1C. The number of nitrogens with one attached hydrogen (secondary N) is 1. The smallest absolute Gasteiger partial charge is 0.305 e. The monoisotopic (exact) mass is 295 g/mol. The van der Waals surface area contributed by atoms with Crippen LogP contribution in [0.5, 0.6) is 0 Å². The molecule has 0 aliphatic heterocycles. The third-order valence-electron chi connectivity index (χ3n) is 3.62. The van der Waals surface area contributed by atoms with Gasteiger partial charge in [0.05, 0.1) is 19.1 Å². The third-order valence-corrected chi connectivity index (χ3v) is 3.62. The summed E-state index contributed by atoms with van der Waals surface area (Å²) in [6.07, 6.45) is -1.18. The van der Waals surface area contributed by atoms with Crippen molar-refractivity contribution in [1.82, 2.24) is 5.32 Å². The summed E-state index contributed by atoms with van der Waals surface area (Å²) >= 11 is 0. The minimum atomic E-state index is -0.996. The Bertz CT molecular complexity index is 499. The van der Waals surface area contributed by atoms with Crippen molar-refractivity contribution in [3.8, 4) is 0 Å². The summed E-state index contributed by atoms with van der Waals surface area (Å²) in [5.74, 6) is -0.996. The van der Waals surface area contributed by atoms with Gasteiger partial charge in [0, 0.05) is 11.6 Å². The summed E-state index contributed by atoms with van der Waals surface area (Å²) < 4.78 is 0. The van der Waals surface area contributed by atoms with E-state index >= 15 is 0 Å². The van der Waals surface area contributed by atoms with Gasteiger partial charge in [0.2, 0.25) is 0 Å². The normalized spacial score (nSPS) is 14.8. The zero-order chi connectivity index (χ0) is 16.2. The molecule has 0 amide bonds. The molecule has 118 valence electrons. The van der Waals surface area contributed by atoms with E-state index < -0.39 is 23.7 Å². The zero-order valence-electron chi connectivity index (χ0n) is 13.1. The van der Waals surface area contributed by atoms with Crippen molar-refractivity contribution < 1.29 is 20.1 Å². The van der Waals surface area contributed by atoms with Crippen LogP contribution in [-0.2, 0) is 4.79 Å². The molecule has 0 saturated heterocycles. The Morgan fingerprint density at radius 3 is 2.38 bits per heavy atom. The highest BCUT2D eigenvalue weighted by Gasteiger charge is 2.29. The Labute approximate surface area is 125 Å². The summed E-state index contributed by atoms with van der Waals surface area (Å²) in [5, 5.41) is 31.9. The Morgan fingerprint density at radius 1 is 1.29 bits per heavy atom. The van der Waals surface area contributed by atoms with Crippen LogP contribution in [-0.4, -0.2) is 39.5 Å². The van der Waals surface area contributed by atoms with Crippen molar-refractivity contribution in [2.75, 3.05) is 6.61 Å². The number of aryl methyl sites for hydroxylation is 2. The van der Waals surface area contributed by atoms with E-state index in [4.69, 9.17) is 5.11 Å². The third kappa shape index (κ3) is 5.12. The van der Waals surface area contributed by atoms with Gasteiger partial charge in [-0.1, -0.05) is 18.2 Å². The molecule has 4 N–H and O–H groups in total. The molecule has 0 aromatic heterocycles. The molecule has 0 aliphatic rings. The van der Waals surface area contributed by atoms with Crippen LogP contribution >= 0.6 is 0 Å². The Kier molecular flexibility index (Phi) is 5.89. The summed E-state index contributed by atoms with van der Waals surface area (Å²) in [6.45, 7) is 7.29. The molecule has 1 aromatic rings. The van der Waals surface area contributed by atoms with E-state index in [1.807, 2.05) is 26.0 Å². The van der Waals surface area contributed by atoms with Gasteiger partial charge in [-0.15, -0.1) is 0 Å². The van der Waals surface area contributed by atoms with E-state index in [1.54, 1.807) is 19.9 Å². The second-order valence-electron chi connectivity index (χ2n) is 6.18. The van der Waals surface area contributed by atoms with Gasteiger partial charge in [-0.2, -0.15) is 0 Å². The quantitative estimate of drug-likeness (QED) is 0.613. The lowest BCUT2D eigenvalue weighted by atomic mass is 9.94. The van der Waals surface area contributed by atoms with Gasteiger partial charge in [0.15, 0.2) is 0 Å². The highest BCUT2D eigenvalue weighted by atomic mass is 16.4. The highest BCUT2D eigenvalue weighted by molar-refractivity contribution is 5.67. The van der Waals surface area contributed by atoms with Crippen LogP contribution in [0.15, 0.2) is 18.2 Å². The van der Waals surface area contributed by atoms with Crippen molar-refractivity contribution in [2.45, 2.75) is 51.8 Å². The molecule has 2 atom stereocenters. The van der Waals surface area contributed by atoms with Crippen molar-refractivity contribution >= 4 is 5.97 Å². The first-order valence-corrected chi connectivity index (χ1v) is 7.02. The molecule has 1 rings (SSSR count). The lowest BCUT2D eigenvalue weighted by molar-refractivity contribution is -0.138. The van der Waals surface area contributed by atoms with Crippen molar-refractivity contribution in [2.24, 2.45) is 0 Å². The van der Waals surface area contributed by atoms with Crippen LogP contribution in [0, 0.1) is 13.8 Å². The number of aliphatic hydroxyl groups excluding tert-OH is 2. The number of aliphatic hydroxyl groups is 2. The highest BCUT2D eigenvalue weighted by Crippen LogP contribution is 2.23. The van der Waals surface area contributed by atoms with E-state index in [0.717, 1.165) is 11.1 Å². The fourth-order valence-corrected chi connectivity index (χ4v) is 2.16. The summed E-state index contributed by atoms with van der Waals surface area (Å²) in [7, 11) is 0. The number of hydrogen-bond acceptors (Lipinski definition) is 4. The van der Waals surface area contributed by atoms with E-state index in [9.17, 15) is 15.0 Å². The van der Waals surface area contributed by atoms with Crippen molar-refractivity contribution in [3.63, 3.8) is 0 Å². The number of carbonyl (C=O) groups is 1. The van der Waals surface area contributed by atoms with Crippen LogP contribution in [0.25, 0.3) is 0 Å². The first kappa shape index (κ1) is 17.6. The Hall–Kier alpha value is -1.43. The van der Waals surface area contributed by atoms with Gasteiger partial charge in [-0.3, -0.25) is 4.79 Å². The number of benzene rings is 1. The number of aliphatic carboxylic acids is 1. The minimum Gasteiger partial charge on any atom is -0.481 e. The fraction of sp³-hybridized carbons (Fsp3) is 0.562. The van der Waals surface area contributed by atoms with Crippen LogP contribution in [0.2, 0.25) is 0 Å². The van der Waals surface area contributed by atoms with E-state index in [0.29, 0.717) is 5.56 Å². The van der Waals surface area contributed by atoms with Crippen LogP contribution in [0.3, 0.4) is 0 Å². The van der Waals surface area contributed by atoms with Crippen LogP contribution in [0.4, 0.5) is 0 Å². The molecule has 0 spiro atoms. The minimum absolute atomic E-state index is 0.150. The van der Waals surface area contributed by atoms with Crippen LogP contribution < -0.4 is 5.32 Å². The molecule has 0 fully saturated rings. The van der Waals surface area contributed by atoms with E-state index in [2.05, 4.69) is 5.32 Å². The fourth-order valence-electron chi connectivity index (χ4n) is 2.16. The average molecular weight is 295 g/mol.